The Bertz CT molecular complexity index is 922. The molecule has 4 rings (SSSR count). The highest BCUT2D eigenvalue weighted by Crippen LogP contribution is 2.28. The van der Waals surface area contributed by atoms with Crippen LogP contribution in [0, 0.1) is 0 Å². The third-order valence-electron chi connectivity index (χ3n) is 4.52. The van der Waals surface area contributed by atoms with E-state index < -0.39 is 0 Å². The second-order valence-electron chi connectivity index (χ2n) is 6.12. The van der Waals surface area contributed by atoms with Gasteiger partial charge < -0.3 is 19.4 Å². The highest BCUT2D eigenvalue weighted by atomic mass is 16.5. The number of benzene rings is 2. The first-order chi connectivity index (χ1) is 12.7. The zero-order valence-electron chi connectivity index (χ0n) is 14.4. The molecule has 6 nitrogen and oxygen atoms in total. The maximum Gasteiger partial charge on any atom is 0.322 e. The Morgan fingerprint density at radius 3 is 2.96 bits per heavy atom. The summed E-state index contributed by atoms with van der Waals surface area (Å²) >= 11 is 0. The number of nitrogens with zero attached hydrogens (tertiary/aromatic N) is 2. The topological polar surface area (TPSA) is 67.6 Å². The third kappa shape index (κ3) is 3.13. The molecule has 0 unspecified atom stereocenters. The summed E-state index contributed by atoms with van der Waals surface area (Å²) in [6.07, 6.45) is 3.91. The summed E-state index contributed by atoms with van der Waals surface area (Å²) in [4.78, 5) is 18.6. The fourth-order valence-corrected chi connectivity index (χ4v) is 3.24. The minimum Gasteiger partial charge on any atom is -0.496 e. The van der Waals surface area contributed by atoms with Crippen LogP contribution in [0.3, 0.4) is 0 Å². The average molecular weight is 349 g/mol. The molecule has 2 aromatic carbocycles. The minimum absolute atomic E-state index is 0.122. The molecule has 0 saturated heterocycles. The number of carbonyl (C=O) groups is 1. The molecule has 2 heterocycles. The number of ether oxygens (including phenoxy) is 1. The number of amides is 2. The van der Waals surface area contributed by atoms with E-state index in [1.165, 1.54) is 11.8 Å². The van der Waals surface area contributed by atoms with Gasteiger partial charge in [0.05, 0.1) is 13.3 Å². The van der Waals surface area contributed by atoms with Crippen LogP contribution >= 0.6 is 0 Å². The summed E-state index contributed by atoms with van der Waals surface area (Å²) in [6, 6.07) is 13.3. The monoisotopic (exact) mass is 349 g/mol. The maximum atomic E-state index is 12.7. The second kappa shape index (κ2) is 6.92. The van der Waals surface area contributed by atoms with Gasteiger partial charge in [0.15, 0.2) is 0 Å². The van der Waals surface area contributed by atoms with Crippen LogP contribution in [0.25, 0.3) is 11.5 Å². The van der Waals surface area contributed by atoms with Crippen LogP contribution in [0.5, 0.6) is 5.75 Å². The molecule has 1 aliphatic heterocycles. The van der Waals surface area contributed by atoms with Crippen LogP contribution < -0.4 is 10.1 Å². The summed E-state index contributed by atoms with van der Waals surface area (Å²) < 4.78 is 10.7. The predicted octanol–water partition coefficient (Wildman–Crippen LogP) is 3.94. The zero-order valence-corrected chi connectivity index (χ0v) is 14.4. The number of carbonyl (C=O) groups excluding carboxylic acids is 1. The van der Waals surface area contributed by atoms with Crippen molar-refractivity contribution in [3.63, 3.8) is 0 Å². The summed E-state index contributed by atoms with van der Waals surface area (Å²) in [7, 11) is 1.68. The van der Waals surface area contributed by atoms with E-state index in [1.807, 2.05) is 42.5 Å². The number of urea groups is 1. The van der Waals surface area contributed by atoms with E-state index in [0.717, 1.165) is 23.3 Å². The van der Waals surface area contributed by atoms with Crippen molar-refractivity contribution >= 4 is 11.7 Å². The lowest BCUT2D eigenvalue weighted by Crippen LogP contribution is -2.39. The number of oxazole rings is 1. The van der Waals surface area contributed by atoms with Gasteiger partial charge in [-0.05, 0) is 36.2 Å². The van der Waals surface area contributed by atoms with Crippen molar-refractivity contribution in [2.75, 3.05) is 19.0 Å². The number of nitrogens with one attached hydrogen (secondary N) is 1. The zero-order chi connectivity index (χ0) is 17.9. The minimum atomic E-state index is -0.122. The molecule has 0 aliphatic carbocycles. The van der Waals surface area contributed by atoms with Crippen molar-refractivity contribution in [2.24, 2.45) is 0 Å². The molecule has 2 amide bonds. The van der Waals surface area contributed by atoms with Gasteiger partial charge in [-0.15, -0.1) is 0 Å². The van der Waals surface area contributed by atoms with Gasteiger partial charge in [-0.25, -0.2) is 9.78 Å². The van der Waals surface area contributed by atoms with Crippen molar-refractivity contribution in [1.29, 1.82) is 0 Å². The molecule has 132 valence electrons. The van der Waals surface area contributed by atoms with Crippen molar-refractivity contribution in [3.8, 4) is 17.2 Å². The number of hydrogen-bond acceptors (Lipinski definition) is 4. The van der Waals surface area contributed by atoms with Gasteiger partial charge in [-0.2, -0.15) is 0 Å². The number of anilines is 1. The summed E-state index contributed by atoms with van der Waals surface area (Å²) in [5, 5.41) is 2.96. The van der Waals surface area contributed by atoms with E-state index in [4.69, 9.17) is 9.15 Å². The van der Waals surface area contributed by atoms with Gasteiger partial charge >= 0.3 is 6.03 Å². The first kappa shape index (κ1) is 16.2. The molecular weight excluding hydrogens is 330 g/mol. The molecule has 0 atom stereocenters. The molecule has 3 aromatic rings. The van der Waals surface area contributed by atoms with E-state index in [-0.39, 0.29) is 6.03 Å². The van der Waals surface area contributed by atoms with Gasteiger partial charge in [0, 0.05) is 29.9 Å². The molecule has 26 heavy (non-hydrogen) atoms. The van der Waals surface area contributed by atoms with Crippen molar-refractivity contribution in [2.45, 2.75) is 13.0 Å². The Kier molecular flexibility index (Phi) is 4.31. The van der Waals surface area contributed by atoms with E-state index in [1.54, 1.807) is 18.2 Å². The fourth-order valence-electron chi connectivity index (χ4n) is 3.24. The number of hydrogen-bond donors (Lipinski definition) is 1. The van der Waals surface area contributed by atoms with Gasteiger partial charge in [0.1, 0.15) is 12.0 Å². The molecule has 1 aliphatic rings. The molecular formula is C20H19N3O3. The van der Waals surface area contributed by atoms with E-state index >= 15 is 0 Å². The first-order valence-electron chi connectivity index (χ1n) is 8.45. The Balaban J connectivity index is 1.48. The Labute approximate surface area is 151 Å². The Morgan fingerprint density at radius 2 is 2.15 bits per heavy atom. The summed E-state index contributed by atoms with van der Waals surface area (Å²) in [5.41, 5.74) is 3.84. The van der Waals surface area contributed by atoms with E-state index in [0.29, 0.717) is 24.7 Å². The van der Waals surface area contributed by atoms with Gasteiger partial charge in [0.2, 0.25) is 5.89 Å². The second-order valence-corrected chi connectivity index (χ2v) is 6.12. The third-order valence-corrected chi connectivity index (χ3v) is 4.52. The van der Waals surface area contributed by atoms with Crippen molar-refractivity contribution in [1.82, 2.24) is 9.88 Å². The molecule has 0 bridgehead atoms. The number of methoxy groups -OCH3 is 1. The lowest BCUT2D eigenvalue weighted by molar-refractivity contribution is 0.206. The van der Waals surface area contributed by atoms with E-state index in [9.17, 15) is 4.79 Å². The van der Waals surface area contributed by atoms with Crippen LogP contribution in [-0.2, 0) is 13.0 Å². The average Bonchev–Trinajstić information content (AvgIpc) is 3.22. The van der Waals surface area contributed by atoms with Gasteiger partial charge in [-0.3, -0.25) is 0 Å². The molecule has 1 aromatic heterocycles. The Hall–Kier alpha value is -3.28. The van der Waals surface area contributed by atoms with Crippen LogP contribution in [-0.4, -0.2) is 29.6 Å². The number of fused-ring (bicyclic) bond motifs is 1. The smallest absolute Gasteiger partial charge is 0.322 e. The molecule has 0 spiro atoms. The predicted molar refractivity (Wildman–Crippen MR) is 98.1 cm³/mol. The van der Waals surface area contributed by atoms with Crippen molar-refractivity contribution in [3.05, 3.63) is 66.1 Å². The van der Waals surface area contributed by atoms with Gasteiger partial charge in [0.25, 0.3) is 0 Å². The fraction of sp³-hybridized carbons (Fsp3) is 0.200. The molecule has 1 N–H and O–H groups in total. The quantitative estimate of drug-likeness (QED) is 0.778. The molecule has 6 heteroatoms. The van der Waals surface area contributed by atoms with Crippen LogP contribution in [0.4, 0.5) is 10.5 Å². The first-order valence-corrected chi connectivity index (χ1v) is 8.45. The number of rotatable bonds is 3. The van der Waals surface area contributed by atoms with Crippen LogP contribution in [0.1, 0.15) is 11.1 Å². The van der Waals surface area contributed by atoms with Gasteiger partial charge in [-0.1, -0.05) is 18.2 Å². The van der Waals surface area contributed by atoms with Crippen LogP contribution in [0.2, 0.25) is 0 Å². The standard InChI is InChI=1S/C20H19N3O3/c1-25-18-7-3-5-15-13-23(10-8-17(15)18)20(24)22-16-6-2-4-14(12-16)19-21-9-11-26-19/h2-7,9,11-12H,8,10,13H2,1H3,(H,22,24). The molecule has 0 saturated carbocycles. The number of aromatic nitrogens is 1. The van der Waals surface area contributed by atoms with E-state index in [2.05, 4.69) is 10.3 Å². The maximum absolute atomic E-state index is 12.7. The lowest BCUT2D eigenvalue weighted by atomic mass is 9.99. The van der Waals surface area contributed by atoms with Crippen molar-refractivity contribution < 1.29 is 13.9 Å². The normalized spacial score (nSPS) is 13.2. The highest BCUT2D eigenvalue weighted by Gasteiger charge is 2.23. The largest absolute Gasteiger partial charge is 0.496 e. The van der Waals surface area contributed by atoms with Crippen LogP contribution in [0.15, 0.2) is 59.3 Å². The molecule has 0 radical (unpaired) electrons. The lowest BCUT2D eigenvalue weighted by Gasteiger charge is -2.29. The highest BCUT2D eigenvalue weighted by molar-refractivity contribution is 5.90. The molecule has 0 fully saturated rings. The SMILES string of the molecule is COc1cccc2c1CCN(C(=O)Nc1cccc(-c3ncco3)c1)C2. The Morgan fingerprint density at radius 1 is 1.27 bits per heavy atom. The summed E-state index contributed by atoms with van der Waals surface area (Å²) in [6.45, 7) is 1.22. The summed E-state index contributed by atoms with van der Waals surface area (Å²) in [5.74, 6) is 1.42.